The molecule has 4 aliphatic rings. The molecule has 4 fully saturated rings. The van der Waals surface area contributed by atoms with Crippen molar-refractivity contribution >= 4 is 23.8 Å². The topological polar surface area (TPSA) is 400 Å². The zero-order valence-corrected chi connectivity index (χ0v) is 27.8. The maximum absolute atomic E-state index is 12.4. The lowest BCUT2D eigenvalue weighted by atomic mass is 9.93. The van der Waals surface area contributed by atoms with Gasteiger partial charge in [-0.2, -0.15) is 0 Å². The van der Waals surface area contributed by atoms with Gasteiger partial charge in [0.1, 0.15) is 85.3 Å². The van der Waals surface area contributed by atoms with Gasteiger partial charge in [0.25, 0.3) is 0 Å². The van der Waals surface area contributed by atoms with Crippen LogP contribution in [0.15, 0.2) is 0 Å². The summed E-state index contributed by atoms with van der Waals surface area (Å²) >= 11 is 0. The van der Waals surface area contributed by atoms with Crippen molar-refractivity contribution in [1.82, 2.24) is 10.6 Å². The summed E-state index contributed by atoms with van der Waals surface area (Å²) in [5, 5.41) is 129. The van der Waals surface area contributed by atoms with Gasteiger partial charge in [0.15, 0.2) is 37.4 Å². The molecule has 0 bridgehead atoms. The highest BCUT2D eigenvalue weighted by Crippen LogP contribution is 2.34. The second-order valence-corrected chi connectivity index (χ2v) is 12.7. The summed E-state index contributed by atoms with van der Waals surface area (Å²) in [5.41, 5.74) is 0. The summed E-state index contributed by atoms with van der Waals surface area (Å²) < 4.78 is 38.2. The van der Waals surface area contributed by atoms with Crippen LogP contribution in [0.2, 0.25) is 0 Å². The van der Waals surface area contributed by atoms with Gasteiger partial charge in [-0.05, 0) is 0 Å². The summed E-state index contributed by atoms with van der Waals surface area (Å²) in [6, 6.07) is -3.26. The first-order chi connectivity index (χ1) is 24.8. The molecule has 0 aromatic rings. The van der Waals surface area contributed by atoms with Gasteiger partial charge < -0.3 is 105 Å². The van der Waals surface area contributed by atoms with Crippen LogP contribution in [0.25, 0.3) is 0 Å². The van der Waals surface area contributed by atoms with E-state index in [4.69, 9.17) is 33.2 Å². The van der Waals surface area contributed by atoms with Crippen molar-refractivity contribution in [2.45, 2.75) is 137 Å². The average Bonchev–Trinajstić information content (AvgIpc) is 3.08. The summed E-state index contributed by atoms with van der Waals surface area (Å²) in [6.45, 7) is 0.185. The monoisotopic (exact) mass is 776 g/mol. The van der Waals surface area contributed by atoms with Crippen molar-refractivity contribution in [3.63, 3.8) is 0 Å². The number of hydrogen-bond donors (Lipinski definition) is 14. The third-order valence-corrected chi connectivity index (χ3v) is 8.94. The van der Waals surface area contributed by atoms with Gasteiger partial charge in [-0.3, -0.25) is 9.59 Å². The molecule has 20 atom stereocenters. The standard InChI is InChI=1S/C28H44N2O23/c1-5(33)29-9-12(36)18(8(4-32)47-25(9)46)49-26-10(30-6(2)34)19(11(35)7(3-31)48-26)50-28-17(41)20(16(40)22(53-28)24(44)45)51-27-15(39)13(37)14(38)21(52-27)23(42)43/h7-22,25-28,31-32,35-41,46H,3-4H2,1-2H3,(H,29,33)(H,30,34)(H,42,43)(H,44,45)/t7-,8-,9-,10-,11-,12-,13+,14-,15-,16-,17-,18-,19-,20+,21+,22+,25+,26+,27+,28+/m1/s1. The Morgan fingerprint density at radius 2 is 1.00 bits per heavy atom. The summed E-state index contributed by atoms with van der Waals surface area (Å²) in [6.07, 6.45) is -36.8. The Kier molecular flexibility index (Phi) is 14.4. The first-order valence-corrected chi connectivity index (χ1v) is 16.1. The van der Waals surface area contributed by atoms with Crippen molar-refractivity contribution in [2.24, 2.45) is 0 Å². The number of aliphatic carboxylic acids is 2. The Morgan fingerprint density at radius 3 is 1.53 bits per heavy atom. The molecule has 14 N–H and O–H groups in total. The predicted octanol–water partition coefficient (Wildman–Crippen LogP) is -9.28. The first-order valence-electron chi connectivity index (χ1n) is 16.1. The number of carboxylic acid groups (broad SMARTS) is 2. The molecule has 53 heavy (non-hydrogen) atoms. The molecule has 2 amide bonds. The van der Waals surface area contributed by atoms with Crippen LogP contribution in [0.5, 0.6) is 0 Å². The molecule has 0 aromatic carbocycles. The number of carboxylic acids is 2. The molecule has 25 heteroatoms. The molecule has 0 aliphatic carbocycles. The van der Waals surface area contributed by atoms with E-state index in [9.17, 15) is 80.5 Å². The fourth-order valence-electron chi connectivity index (χ4n) is 6.32. The van der Waals surface area contributed by atoms with E-state index in [1.165, 1.54) is 0 Å². The SMILES string of the molecule is CC(=O)N[C@@H]1[C@@H](O)[C@H](O[C@@H]2O[C@H](CO)[C@@H](O)[C@H](O[C@H]3O[C@H](C(=O)O)[C@H](O)[C@H](O[C@H]4O[C@H](C(=O)O)[C@H](O)[C@H](O)[C@H]4O)[C@H]3O)[C@H]2NC(C)=O)[C@@H](CO)O[C@@H]1O. The zero-order valence-electron chi connectivity index (χ0n) is 27.8. The van der Waals surface area contributed by atoms with Crippen molar-refractivity contribution in [1.29, 1.82) is 0 Å². The van der Waals surface area contributed by atoms with E-state index < -0.39 is 160 Å². The minimum absolute atomic E-state index is 0.710. The fourth-order valence-corrected chi connectivity index (χ4v) is 6.32. The highest BCUT2D eigenvalue weighted by Gasteiger charge is 2.57. The Morgan fingerprint density at radius 1 is 0.509 bits per heavy atom. The number of nitrogens with one attached hydrogen (secondary N) is 2. The number of carbonyl (C=O) groups excluding carboxylic acids is 2. The molecule has 4 rings (SSSR count). The van der Waals surface area contributed by atoms with E-state index in [1.54, 1.807) is 0 Å². The number of amides is 2. The minimum atomic E-state index is -2.33. The number of rotatable bonds is 12. The van der Waals surface area contributed by atoms with Crippen molar-refractivity contribution in [3.8, 4) is 0 Å². The molecule has 4 saturated heterocycles. The van der Waals surface area contributed by atoms with Crippen LogP contribution >= 0.6 is 0 Å². The lowest BCUT2D eigenvalue weighted by molar-refractivity contribution is -0.372. The normalized spacial score (nSPS) is 46.3. The number of aliphatic hydroxyl groups is 10. The van der Waals surface area contributed by atoms with Gasteiger partial charge in [-0.1, -0.05) is 0 Å². The first kappa shape index (κ1) is 42.9. The Balaban J connectivity index is 1.66. The lowest BCUT2D eigenvalue weighted by Crippen LogP contribution is -2.71. The Labute approximate surface area is 298 Å². The summed E-state index contributed by atoms with van der Waals surface area (Å²) in [5.74, 6) is -5.25. The van der Waals surface area contributed by atoms with E-state index in [0.29, 0.717) is 0 Å². The second kappa shape index (κ2) is 17.8. The molecule has 0 saturated carbocycles. The molecule has 304 valence electrons. The van der Waals surface area contributed by atoms with E-state index in [-0.39, 0.29) is 0 Å². The Hall–Kier alpha value is -2.80. The minimum Gasteiger partial charge on any atom is -0.479 e. The van der Waals surface area contributed by atoms with Gasteiger partial charge in [0, 0.05) is 13.8 Å². The fraction of sp³-hybridized carbons (Fsp3) is 0.857. The molecular weight excluding hydrogens is 732 g/mol. The van der Waals surface area contributed by atoms with Crippen LogP contribution < -0.4 is 10.6 Å². The number of hydrogen-bond acceptors (Lipinski definition) is 21. The summed E-state index contributed by atoms with van der Waals surface area (Å²) in [4.78, 5) is 47.8. The molecule has 0 radical (unpaired) electrons. The smallest absolute Gasteiger partial charge is 0.335 e. The van der Waals surface area contributed by atoms with Crippen LogP contribution in [-0.2, 0) is 52.3 Å². The molecule has 0 unspecified atom stereocenters. The van der Waals surface area contributed by atoms with Crippen molar-refractivity contribution < 1.29 is 114 Å². The van der Waals surface area contributed by atoms with Gasteiger partial charge >= 0.3 is 11.9 Å². The third kappa shape index (κ3) is 9.19. The maximum atomic E-state index is 12.4. The van der Waals surface area contributed by atoms with Crippen LogP contribution in [0, 0.1) is 0 Å². The lowest BCUT2D eigenvalue weighted by Gasteiger charge is -2.50. The zero-order chi connectivity index (χ0) is 39.6. The number of ether oxygens (including phenoxy) is 7. The van der Waals surface area contributed by atoms with E-state index in [1.807, 2.05) is 0 Å². The van der Waals surface area contributed by atoms with Crippen LogP contribution in [0.3, 0.4) is 0 Å². The molecule has 0 aromatic heterocycles. The average molecular weight is 777 g/mol. The quantitative estimate of drug-likeness (QED) is 0.0875. The number of carbonyl (C=O) groups is 4. The van der Waals surface area contributed by atoms with Gasteiger partial charge in [0.2, 0.25) is 11.8 Å². The highest BCUT2D eigenvalue weighted by atomic mass is 16.8. The highest BCUT2D eigenvalue weighted by molar-refractivity contribution is 5.74. The Bertz CT molecular complexity index is 1300. The largest absolute Gasteiger partial charge is 0.479 e. The number of aliphatic hydroxyl groups excluding tert-OH is 10. The molecule has 4 aliphatic heterocycles. The van der Waals surface area contributed by atoms with Gasteiger partial charge in [0.05, 0.1) is 13.2 Å². The third-order valence-electron chi connectivity index (χ3n) is 8.94. The summed E-state index contributed by atoms with van der Waals surface area (Å²) in [7, 11) is 0. The molecule has 4 heterocycles. The van der Waals surface area contributed by atoms with Crippen LogP contribution in [0.4, 0.5) is 0 Å². The molecule has 0 spiro atoms. The van der Waals surface area contributed by atoms with Gasteiger partial charge in [-0.25, -0.2) is 9.59 Å². The van der Waals surface area contributed by atoms with Crippen LogP contribution in [0.1, 0.15) is 13.8 Å². The van der Waals surface area contributed by atoms with Gasteiger partial charge in [-0.15, -0.1) is 0 Å². The van der Waals surface area contributed by atoms with E-state index in [0.717, 1.165) is 13.8 Å². The van der Waals surface area contributed by atoms with Crippen molar-refractivity contribution in [3.05, 3.63) is 0 Å². The van der Waals surface area contributed by atoms with E-state index in [2.05, 4.69) is 10.6 Å². The second-order valence-electron chi connectivity index (χ2n) is 12.7. The predicted molar refractivity (Wildman–Crippen MR) is 158 cm³/mol. The maximum Gasteiger partial charge on any atom is 0.335 e. The van der Waals surface area contributed by atoms with Crippen LogP contribution in [-0.4, -0.2) is 221 Å². The molecular formula is C28H44N2O23. The van der Waals surface area contributed by atoms with Crippen molar-refractivity contribution in [2.75, 3.05) is 13.2 Å². The molecule has 25 nitrogen and oxygen atoms in total. The van der Waals surface area contributed by atoms with E-state index >= 15 is 0 Å².